The number of aryl methyl sites for hydroxylation is 1. The van der Waals surface area contributed by atoms with Crippen molar-refractivity contribution in [2.45, 2.75) is 13.0 Å². The predicted octanol–water partition coefficient (Wildman–Crippen LogP) is 4.06. The van der Waals surface area contributed by atoms with Crippen LogP contribution >= 0.6 is 11.6 Å². The fourth-order valence-corrected chi connectivity index (χ4v) is 4.10. The maximum Gasteiger partial charge on any atom is 0.260 e. The number of hydrogen-bond acceptors (Lipinski definition) is 6. The molecule has 1 aliphatic rings. The smallest absolute Gasteiger partial charge is 0.260 e. The van der Waals surface area contributed by atoms with Crippen molar-refractivity contribution < 1.29 is 9.13 Å². The van der Waals surface area contributed by atoms with Gasteiger partial charge in [-0.3, -0.25) is 9.78 Å². The lowest BCUT2D eigenvalue weighted by Gasteiger charge is -2.34. The van der Waals surface area contributed by atoms with Crippen molar-refractivity contribution in [3.63, 3.8) is 0 Å². The van der Waals surface area contributed by atoms with Gasteiger partial charge in [0, 0.05) is 42.1 Å². The molecule has 0 aliphatic carbocycles. The van der Waals surface area contributed by atoms with E-state index in [9.17, 15) is 9.18 Å². The lowest BCUT2D eigenvalue weighted by Crippen LogP contribution is -2.39. The van der Waals surface area contributed by atoms with Crippen LogP contribution in [0.3, 0.4) is 0 Å². The molecule has 1 N–H and O–H groups in total. The van der Waals surface area contributed by atoms with Gasteiger partial charge in [0.25, 0.3) is 5.56 Å². The van der Waals surface area contributed by atoms with E-state index in [-0.39, 0.29) is 33.3 Å². The Morgan fingerprint density at radius 3 is 2.78 bits per heavy atom. The van der Waals surface area contributed by atoms with Crippen molar-refractivity contribution in [1.29, 1.82) is 0 Å². The average Bonchev–Trinajstić information content (AvgIpc) is 2.79. The molecule has 0 radical (unpaired) electrons. The van der Waals surface area contributed by atoms with E-state index in [4.69, 9.17) is 21.3 Å². The number of nitrogens with one attached hydrogen (secondary N) is 1. The summed E-state index contributed by atoms with van der Waals surface area (Å²) in [5.74, 6) is 0.514. The van der Waals surface area contributed by atoms with Crippen LogP contribution in [0.5, 0.6) is 0 Å². The fraction of sp³-hybridized carbons (Fsp3) is 0.217. The molecule has 0 bridgehead atoms. The Labute approximate surface area is 187 Å². The molecule has 0 spiro atoms. The van der Waals surface area contributed by atoms with Gasteiger partial charge < -0.3 is 14.6 Å². The summed E-state index contributed by atoms with van der Waals surface area (Å²) < 4.78 is 20.8. The van der Waals surface area contributed by atoms with Gasteiger partial charge in [0.2, 0.25) is 0 Å². The van der Waals surface area contributed by atoms with Crippen LogP contribution in [0, 0.1) is 12.7 Å². The Kier molecular flexibility index (Phi) is 5.32. The molecule has 0 unspecified atom stereocenters. The summed E-state index contributed by atoms with van der Waals surface area (Å²) in [7, 11) is 0. The van der Waals surface area contributed by atoms with E-state index >= 15 is 0 Å². The number of aromatic amines is 1. The first-order valence-electron chi connectivity index (χ1n) is 10.1. The molecular weight excluding hydrogens is 433 g/mol. The number of halogens is 2. The van der Waals surface area contributed by atoms with Crippen LogP contribution in [0.2, 0.25) is 5.02 Å². The Balaban J connectivity index is 1.65. The van der Waals surface area contributed by atoms with Gasteiger partial charge in [0.05, 0.1) is 23.2 Å². The van der Waals surface area contributed by atoms with Crippen LogP contribution in [0.25, 0.3) is 22.2 Å². The van der Waals surface area contributed by atoms with E-state index in [1.807, 2.05) is 12.1 Å². The predicted molar refractivity (Wildman–Crippen MR) is 120 cm³/mol. The molecule has 1 atom stereocenters. The highest BCUT2D eigenvalue weighted by Crippen LogP contribution is 2.32. The minimum atomic E-state index is -0.555. The summed E-state index contributed by atoms with van der Waals surface area (Å²) in [6.07, 6.45) is 3.30. The summed E-state index contributed by atoms with van der Waals surface area (Å²) in [5, 5.41) is 0.502. The van der Waals surface area contributed by atoms with E-state index in [0.29, 0.717) is 36.9 Å². The zero-order valence-electron chi connectivity index (χ0n) is 17.2. The van der Waals surface area contributed by atoms with Crippen molar-refractivity contribution in [2.24, 2.45) is 0 Å². The molecule has 4 aromatic rings. The van der Waals surface area contributed by atoms with Gasteiger partial charge >= 0.3 is 0 Å². The molecule has 9 heteroatoms. The quantitative estimate of drug-likeness (QED) is 0.505. The van der Waals surface area contributed by atoms with Crippen LogP contribution in [0.1, 0.15) is 17.5 Å². The van der Waals surface area contributed by atoms with Crippen molar-refractivity contribution in [2.75, 3.05) is 24.6 Å². The van der Waals surface area contributed by atoms with Gasteiger partial charge in [-0.05, 0) is 42.8 Å². The minimum Gasteiger partial charge on any atom is -0.370 e. The van der Waals surface area contributed by atoms with E-state index in [1.54, 1.807) is 31.5 Å². The number of ether oxygens (including phenoxy) is 1. The molecule has 0 amide bonds. The normalized spacial score (nSPS) is 16.5. The Bertz CT molecular complexity index is 1360. The Hall–Kier alpha value is -3.36. The van der Waals surface area contributed by atoms with Crippen LogP contribution in [-0.4, -0.2) is 39.6 Å². The summed E-state index contributed by atoms with van der Waals surface area (Å²) in [5.41, 5.74) is 1.52. The van der Waals surface area contributed by atoms with Gasteiger partial charge in [-0.15, -0.1) is 0 Å². The second-order valence-electron chi connectivity index (χ2n) is 7.58. The standard InChI is InChI=1S/C23H19ClFN5O2/c1-13-27-18-11-20(30-8-9-32-19(12-30)14-4-6-26-7-5-14)29-22(21(18)23(31)28-13)16-3-2-15(24)10-17(16)25/h2-7,10-11,19H,8-9,12H2,1H3,(H,27,28,31)/t19-/m1/s1. The highest BCUT2D eigenvalue weighted by molar-refractivity contribution is 6.30. The lowest BCUT2D eigenvalue weighted by atomic mass is 10.1. The molecule has 7 nitrogen and oxygen atoms in total. The molecule has 1 saturated heterocycles. The number of H-pyrrole nitrogens is 1. The summed E-state index contributed by atoms with van der Waals surface area (Å²) in [6.45, 7) is 3.36. The van der Waals surface area contributed by atoms with Crippen LogP contribution < -0.4 is 10.5 Å². The molecule has 1 fully saturated rings. The Morgan fingerprint density at radius 1 is 1.19 bits per heavy atom. The lowest BCUT2D eigenvalue weighted by molar-refractivity contribution is 0.0395. The van der Waals surface area contributed by atoms with E-state index in [0.717, 1.165) is 5.56 Å². The van der Waals surface area contributed by atoms with Gasteiger partial charge in [0.1, 0.15) is 23.6 Å². The third kappa shape index (κ3) is 3.83. The van der Waals surface area contributed by atoms with Crippen LogP contribution in [0.4, 0.5) is 10.2 Å². The summed E-state index contributed by atoms with van der Waals surface area (Å²) in [4.78, 5) is 30.8. The maximum absolute atomic E-state index is 14.8. The largest absolute Gasteiger partial charge is 0.370 e. The molecule has 32 heavy (non-hydrogen) atoms. The zero-order chi connectivity index (χ0) is 22.2. The maximum atomic E-state index is 14.8. The topological polar surface area (TPSA) is 84.0 Å². The highest BCUT2D eigenvalue weighted by Gasteiger charge is 2.25. The van der Waals surface area contributed by atoms with Crippen molar-refractivity contribution in [3.05, 3.63) is 81.4 Å². The molecule has 0 saturated carbocycles. The second kappa shape index (κ2) is 8.29. The highest BCUT2D eigenvalue weighted by atomic mass is 35.5. The van der Waals surface area contributed by atoms with Crippen molar-refractivity contribution >= 4 is 28.3 Å². The van der Waals surface area contributed by atoms with Gasteiger partial charge in [0.15, 0.2) is 0 Å². The first kappa shape index (κ1) is 20.5. The first-order chi connectivity index (χ1) is 15.5. The molecular formula is C23H19ClFN5O2. The second-order valence-corrected chi connectivity index (χ2v) is 8.02. The van der Waals surface area contributed by atoms with E-state index < -0.39 is 5.82 Å². The number of aromatic nitrogens is 4. The van der Waals surface area contributed by atoms with Gasteiger partial charge in [-0.2, -0.15) is 0 Å². The van der Waals surface area contributed by atoms with E-state index in [2.05, 4.69) is 19.9 Å². The number of benzene rings is 1. The van der Waals surface area contributed by atoms with Crippen LogP contribution in [0.15, 0.2) is 53.6 Å². The molecule has 162 valence electrons. The van der Waals surface area contributed by atoms with Crippen molar-refractivity contribution in [1.82, 2.24) is 19.9 Å². The molecule has 3 aromatic heterocycles. The number of nitrogens with zero attached hydrogens (tertiary/aromatic N) is 4. The number of anilines is 1. The number of pyridine rings is 2. The molecule has 1 aromatic carbocycles. The molecule has 5 rings (SSSR count). The summed E-state index contributed by atoms with van der Waals surface area (Å²) in [6, 6.07) is 9.92. The molecule has 4 heterocycles. The number of hydrogen-bond donors (Lipinski definition) is 1. The third-order valence-corrected chi connectivity index (χ3v) is 5.68. The summed E-state index contributed by atoms with van der Waals surface area (Å²) >= 11 is 5.93. The average molecular weight is 452 g/mol. The fourth-order valence-electron chi connectivity index (χ4n) is 3.94. The number of fused-ring (bicyclic) bond motifs is 1. The molecule has 1 aliphatic heterocycles. The zero-order valence-corrected chi connectivity index (χ0v) is 17.9. The Morgan fingerprint density at radius 2 is 2.00 bits per heavy atom. The van der Waals surface area contributed by atoms with Crippen LogP contribution in [-0.2, 0) is 4.74 Å². The monoisotopic (exact) mass is 451 g/mol. The van der Waals surface area contributed by atoms with Gasteiger partial charge in [-0.25, -0.2) is 14.4 Å². The number of rotatable bonds is 3. The SMILES string of the molecule is Cc1nc2cc(N3CCO[C@@H](c4ccncc4)C3)nc(-c3ccc(Cl)cc3F)c2c(=O)[nH]1. The number of morpholine rings is 1. The first-order valence-corrected chi connectivity index (χ1v) is 10.5. The minimum absolute atomic E-state index is 0.158. The van der Waals surface area contributed by atoms with E-state index in [1.165, 1.54) is 12.1 Å². The van der Waals surface area contributed by atoms with Gasteiger partial charge in [-0.1, -0.05) is 11.6 Å². The third-order valence-electron chi connectivity index (χ3n) is 5.45. The van der Waals surface area contributed by atoms with Crippen molar-refractivity contribution in [3.8, 4) is 11.3 Å².